The highest BCUT2D eigenvalue weighted by Crippen LogP contribution is 2.23. The molecule has 2 N–H and O–H groups in total. The van der Waals surface area contributed by atoms with Gasteiger partial charge in [0.1, 0.15) is 5.75 Å². The molecular weight excluding hydrogens is 496 g/mol. The van der Waals surface area contributed by atoms with Crippen molar-refractivity contribution in [2.45, 2.75) is 32.4 Å². The molecule has 1 fully saturated rings. The zero-order chi connectivity index (χ0) is 28.0. The number of carbonyl (C=O) groups excluding carboxylic acids is 1. The van der Waals surface area contributed by atoms with E-state index in [2.05, 4.69) is 58.3 Å². The minimum Gasteiger partial charge on any atom is -0.497 e. The van der Waals surface area contributed by atoms with Gasteiger partial charge in [0.2, 0.25) is 5.91 Å². The van der Waals surface area contributed by atoms with Gasteiger partial charge in [-0.1, -0.05) is 72.8 Å². The van der Waals surface area contributed by atoms with E-state index in [9.17, 15) is 4.79 Å². The van der Waals surface area contributed by atoms with E-state index in [4.69, 9.17) is 24.5 Å². The third-order valence-electron chi connectivity index (χ3n) is 6.73. The lowest BCUT2D eigenvalue weighted by Crippen LogP contribution is -2.42. The number of carbonyl (C=O) groups is 3. The van der Waals surface area contributed by atoms with Gasteiger partial charge in [0.15, 0.2) is 0 Å². The van der Waals surface area contributed by atoms with Crippen LogP contribution in [-0.2, 0) is 33.9 Å². The van der Waals surface area contributed by atoms with Gasteiger partial charge >= 0.3 is 11.9 Å². The molecule has 1 saturated heterocycles. The normalized spacial score (nSPS) is 13.6. The Kier molecular flexibility index (Phi) is 11.5. The van der Waals surface area contributed by atoms with Gasteiger partial charge in [0.25, 0.3) is 0 Å². The summed E-state index contributed by atoms with van der Waals surface area (Å²) in [7, 11) is 1.69. The second kappa shape index (κ2) is 15.3. The highest BCUT2D eigenvalue weighted by atomic mass is 16.5. The first kappa shape index (κ1) is 29.4. The Hall–Kier alpha value is -4.17. The molecule has 0 saturated carbocycles. The van der Waals surface area contributed by atoms with Crippen molar-refractivity contribution < 1.29 is 29.3 Å². The van der Waals surface area contributed by atoms with E-state index < -0.39 is 11.9 Å². The van der Waals surface area contributed by atoms with Crippen LogP contribution < -0.4 is 4.74 Å². The topological polar surface area (TPSA) is 107 Å². The molecule has 8 nitrogen and oxygen atoms in total. The highest BCUT2D eigenvalue weighted by molar-refractivity contribution is 6.27. The number of carboxylic acids is 2. The van der Waals surface area contributed by atoms with E-state index in [1.807, 2.05) is 36.4 Å². The number of rotatable bonds is 9. The van der Waals surface area contributed by atoms with Gasteiger partial charge in [-0.25, -0.2) is 9.59 Å². The van der Waals surface area contributed by atoms with Crippen molar-refractivity contribution in [2.75, 3.05) is 26.7 Å². The molecule has 1 amide bonds. The van der Waals surface area contributed by atoms with Gasteiger partial charge < -0.3 is 19.8 Å². The molecule has 4 rings (SSSR count). The van der Waals surface area contributed by atoms with Crippen LogP contribution in [0.5, 0.6) is 5.75 Å². The summed E-state index contributed by atoms with van der Waals surface area (Å²) in [5.41, 5.74) is 3.75. The van der Waals surface area contributed by atoms with Crippen molar-refractivity contribution in [2.24, 2.45) is 5.92 Å². The molecule has 3 aromatic rings. The first-order valence-corrected chi connectivity index (χ1v) is 13.0. The number of piperidine rings is 1. The minimum atomic E-state index is -1.82. The Morgan fingerprint density at radius 2 is 1.33 bits per heavy atom. The molecule has 206 valence electrons. The molecule has 0 unspecified atom stereocenters. The molecule has 39 heavy (non-hydrogen) atoms. The lowest BCUT2D eigenvalue weighted by Gasteiger charge is -2.34. The van der Waals surface area contributed by atoms with Gasteiger partial charge in [-0.05, 0) is 61.2 Å². The number of ether oxygens (including phenoxy) is 1. The lowest BCUT2D eigenvalue weighted by molar-refractivity contribution is -0.159. The number of methoxy groups -OCH3 is 1. The molecule has 0 bridgehead atoms. The van der Waals surface area contributed by atoms with E-state index in [0.717, 1.165) is 51.2 Å². The van der Waals surface area contributed by atoms with Crippen LogP contribution in [0, 0.1) is 5.92 Å². The predicted octanol–water partition coefficient (Wildman–Crippen LogP) is 4.33. The van der Waals surface area contributed by atoms with E-state index in [-0.39, 0.29) is 5.92 Å². The van der Waals surface area contributed by atoms with Crippen molar-refractivity contribution >= 4 is 17.8 Å². The quantitative estimate of drug-likeness (QED) is 0.395. The summed E-state index contributed by atoms with van der Waals surface area (Å²) in [4.78, 5) is 36.3. The van der Waals surface area contributed by atoms with Crippen molar-refractivity contribution in [3.05, 3.63) is 102 Å². The summed E-state index contributed by atoms with van der Waals surface area (Å²) in [5, 5.41) is 14.8. The summed E-state index contributed by atoms with van der Waals surface area (Å²) in [6.45, 7) is 4.27. The first-order chi connectivity index (χ1) is 18.9. The van der Waals surface area contributed by atoms with Crippen LogP contribution in [0.4, 0.5) is 0 Å². The summed E-state index contributed by atoms with van der Waals surface area (Å²) in [6, 6.07) is 29.1. The first-order valence-electron chi connectivity index (χ1n) is 13.0. The SMILES string of the molecule is COc1ccc(CN2CCC(C(=O)N(CCc3ccccc3)Cc3ccccc3)CC2)cc1.O=C(O)C(=O)O. The van der Waals surface area contributed by atoms with Crippen LogP contribution in [0.15, 0.2) is 84.9 Å². The highest BCUT2D eigenvalue weighted by Gasteiger charge is 2.28. The Morgan fingerprint density at radius 1 is 0.795 bits per heavy atom. The second-order valence-corrected chi connectivity index (χ2v) is 9.49. The monoisotopic (exact) mass is 532 g/mol. The number of benzene rings is 3. The van der Waals surface area contributed by atoms with Crippen LogP contribution >= 0.6 is 0 Å². The largest absolute Gasteiger partial charge is 0.497 e. The van der Waals surface area contributed by atoms with Crippen LogP contribution in [0.25, 0.3) is 0 Å². The van der Waals surface area contributed by atoms with Gasteiger partial charge in [-0.2, -0.15) is 0 Å². The van der Waals surface area contributed by atoms with Crippen LogP contribution in [0.1, 0.15) is 29.5 Å². The maximum absolute atomic E-state index is 13.6. The fraction of sp³-hybridized carbons (Fsp3) is 0.323. The van der Waals surface area contributed by atoms with E-state index >= 15 is 0 Å². The fourth-order valence-corrected chi connectivity index (χ4v) is 4.57. The number of likely N-dealkylation sites (tertiary alicyclic amines) is 1. The summed E-state index contributed by atoms with van der Waals surface area (Å²) in [6.07, 6.45) is 2.73. The number of amides is 1. The average molecular weight is 533 g/mol. The molecule has 0 aliphatic carbocycles. The third kappa shape index (κ3) is 9.90. The van der Waals surface area contributed by atoms with Crippen LogP contribution in [0.2, 0.25) is 0 Å². The van der Waals surface area contributed by atoms with Gasteiger partial charge in [-0.15, -0.1) is 0 Å². The molecule has 1 heterocycles. The summed E-state index contributed by atoms with van der Waals surface area (Å²) in [5.74, 6) is -2.35. The Labute approximate surface area is 229 Å². The molecule has 1 aliphatic rings. The second-order valence-electron chi connectivity index (χ2n) is 9.49. The summed E-state index contributed by atoms with van der Waals surface area (Å²) < 4.78 is 5.26. The standard InChI is InChI=1S/C29H34N2O2.C2H2O4/c1-33-28-14-12-26(13-15-28)22-30-19-17-27(18-20-30)29(32)31(23-25-10-6-3-7-11-25)21-16-24-8-4-2-5-9-24;3-1(4)2(5)6/h2-15,27H,16-23H2,1H3;(H,3,4)(H,5,6). The fourth-order valence-electron chi connectivity index (χ4n) is 4.57. The van der Waals surface area contributed by atoms with Crippen molar-refractivity contribution in [3.63, 3.8) is 0 Å². The molecule has 3 aromatic carbocycles. The molecular formula is C31H36N2O6. The molecule has 1 aliphatic heterocycles. The minimum absolute atomic E-state index is 0.108. The molecule has 0 atom stereocenters. The number of carboxylic acid groups (broad SMARTS) is 2. The smallest absolute Gasteiger partial charge is 0.414 e. The number of hydrogen-bond acceptors (Lipinski definition) is 5. The molecule has 0 radical (unpaired) electrons. The van der Waals surface area contributed by atoms with Crippen LogP contribution in [-0.4, -0.2) is 64.6 Å². The number of nitrogens with zero attached hydrogens (tertiary/aromatic N) is 2. The third-order valence-corrected chi connectivity index (χ3v) is 6.73. The lowest BCUT2D eigenvalue weighted by atomic mass is 9.94. The Bertz CT molecular complexity index is 1160. The number of aliphatic carboxylic acids is 2. The maximum Gasteiger partial charge on any atom is 0.414 e. The van der Waals surface area contributed by atoms with Gasteiger partial charge in [0.05, 0.1) is 7.11 Å². The van der Waals surface area contributed by atoms with Crippen molar-refractivity contribution in [3.8, 4) is 5.75 Å². The van der Waals surface area contributed by atoms with E-state index in [1.165, 1.54) is 16.7 Å². The molecule has 8 heteroatoms. The zero-order valence-corrected chi connectivity index (χ0v) is 22.2. The average Bonchev–Trinajstić information content (AvgIpc) is 2.97. The van der Waals surface area contributed by atoms with Crippen LogP contribution in [0.3, 0.4) is 0 Å². The summed E-state index contributed by atoms with van der Waals surface area (Å²) >= 11 is 0. The van der Waals surface area contributed by atoms with Crippen molar-refractivity contribution in [1.29, 1.82) is 0 Å². The van der Waals surface area contributed by atoms with E-state index in [0.29, 0.717) is 12.5 Å². The number of hydrogen-bond donors (Lipinski definition) is 2. The molecule has 0 spiro atoms. The van der Waals surface area contributed by atoms with Crippen molar-refractivity contribution in [1.82, 2.24) is 9.80 Å². The van der Waals surface area contributed by atoms with Gasteiger partial charge in [0, 0.05) is 25.6 Å². The van der Waals surface area contributed by atoms with E-state index in [1.54, 1.807) is 7.11 Å². The Morgan fingerprint density at radius 3 is 1.85 bits per heavy atom. The molecule has 0 aromatic heterocycles. The van der Waals surface area contributed by atoms with Gasteiger partial charge in [-0.3, -0.25) is 9.69 Å². The Balaban J connectivity index is 0.000000631. The zero-order valence-electron chi connectivity index (χ0n) is 22.2. The predicted molar refractivity (Wildman–Crippen MR) is 148 cm³/mol. The maximum atomic E-state index is 13.6.